The molecule has 0 unspecified atom stereocenters. The van der Waals surface area contributed by atoms with Crippen molar-refractivity contribution in [3.63, 3.8) is 0 Å². The summed E-state index contributed by atoms with van der Waals surface area (Å²) in [6.45, 7) is 4.47. The summed E-state index contributed by atoms with van der Waals surface area (Å²) < 4.78 is 0. The first-order chi connectivity index (χ1) is 11.3. The van der Waals surface area contributed by atoms with Crippen LogP contribution < -0.4 is 0 Å². The zero-order chi connectivity index (χ0) is 16.5. The molecule has 0 bridgehead atoms. The quantitative estimate of drug-likeness (QED) is 0.491. The fourth-order valence-corrected chi connectivity index (χ4v) is 3.16. The Hall–Kier alpha value is -1.89. The van der Waals surface area contributed by atoms with Crippen molar-refractivity contribution in [1.29, 1.82) is 0 Å². The number of rotatable bonds is 9. The second-order valence-corrected chi connectivity index (χ2v) is 6.26. The van der Waals surface area contributed by atoms with Crippen LogP contribution in [0.4, 0.5) is 0 Å². The molecule has 0 aromatic heterocycles. The van der Waals surface area contributed by atoms with Gasteiger partial charge in [-0.1, -0.05) is 94.1 Å². The largest absolute Gasteiger partial charge is 0.289 e. The predicted molar refractivity (Wildman–Crippen MR) is 98.1 cm³/mol. The number of benzene rings is 2. The maximum Gasteiger partial charge on any atom is 0.193 e. The van der Waals surface area contributed by atoms with Crippen molar-refractivity contribution in [2.45, 2.75) is 58.3 Å². The first-order valence-corrected chi connectivity index (χ1v) is 8.96. The van der Waals surface area contributed by atoms with Crippen LogP contribution >= 0.6 is 0 Å². The third-order valence-corrected chi connectivity index (χ3v) is 4.49. The minimum absolute atomic E-state index is 0.152. The molecule has 0 atom stereocenters. The highest BCUT2D eigenvalue weighted by atomic mass is 16.1. The van der Waals surface area contributed by atoms with Crippen LogP contribution in [0.1, 0.15) is 79.8 Å². The Bertz CT molecular complexity index is 592. The topological polar surface area (TPSA) is 17.1 Å². The molecular weight excluding hydrogens is 280 g/mol. The van der Waals surface area contributed by atoms with Gasteiger partial charge in [0.05, 0.1) is 0 Å². The van der Waals surface area contributed by atoms with Crippen molar-refractivity contribution in [2.75, 3.05) is 0 Å². The van der Waals surface area contributed by atoms with Crippen molar-refractivity contribution in [1.82, 2.24) is 0 Å². The molecule has 2 rings (SSSR count). The number of carbonyl (C=O) groups is 1. The van der Waals surface area contributed by atoms with Crippen LogP contribution in [0.5, 0.6) is 0 Å². The van der Waals surface area contributed by atoms with Gasteiger partial charge in [0.15, 0.2) is 5.78 Å². The first kappa shape index (κ1) is 17.5. The van der Waals surface area contributed by atoms with Gasteiger partial charge in [0, 0.05) is 11.1 Å². The molecule has 0 N–H and O–H groups in total. The summed E-state index contributed by atoms with van der Waals surface area (Å²) in [4.78, 5) is 12.9. The van der Waals surface area contributed by atoms with Gasteiger partial charge in [-0.3, -0.25) is 4.79 Å². The molecule has 2 aromatic rings. The lowest BCUT2D eigenvalue weighted by Crippen LogP contribution is -2.09. The average Bonchev–Trinajstić information content (AvgIpc) is 2.62. The van der Waals surface area contributed by atoms with Crippen molar-refractivity contribution >= 4 is 5.78 Å². The van der Waals surface area contributed by atoms with Crippen LogP contribution in [-0.4, -0.2) is 5.78 Å². The molecule has 0 saturated heterocycles. The number of hydrogen-bond acceptors (Lipinski definition) is 1. The Morgan fingerprint density at radius 3 is 2.00 bits per heavy atom. The summed E-state index contributed by atoms with van der Waals surface area (Å²) in [5.74, 6) is 0.651. The Labute approximate surface area is 140 Å². The van der Waals surface area contributed by atoms with Crippen LogP contribution in [0.3, 0.4) is 0 Å². The smallest absolute Gasteiger partial charge is 0.193 e. The molecule has 1 nitrogen and oxygen atoms in total. The van der Waals surface area contributed by atoms with Crippen molar-refractivity contribution in [2.24, 2.45) is 0 Å². The zero-order valence-electron chi connectivity index (χ0n) is 14.4. The highest BCUT2D eigenvalue weighted by Crippen LogP contribution is 2.31. The van der Waals surface area contributed by atoms with E-state index in [2.05, 4.69) is 26.0 Å². The third-order valence-electron chi connectivity index (χ3n) is 4.49. The number of hydrogen-bond donors (Lipinski definition) is 0. The van der Waals surface area contributed by atoms with Gasteiger partial charge >= 0.3 is 0 Å². The molecular formula is C22H28O. The van der Waals surface area contributed by atoms with E-state index in [1.165, 1.54) is 44.1 Å². The van der Waals surface area contributed by atoms with E-state index in [-0.39, 0.29) is 5.78 Å². The van der Waals surface area contributed by atoms with E-state index in [1.54, 1.807) is 0 Å². The number of ketones is 1. The molecule has 0 aliphatic rings. The summed E-state index contributed by atoms with van der Waals surface area (Å²) in [6.07, 6.45) is 7.21. The number of unbranched alkanes of at least 4 members (excludes halogenated alkanes) is 2. The molecule has 0 radical (unpaired) electrons. The molecule has 122 valence electrons. The molecule has 0 aliphatic heterocycles. The average molecular weight is 308 g/mol. The van der Waals surface area contributed by atoms with Crippen molar-refractivity contribution in [3.8, 4) is 0 Å². The van der Waals surface area contributed by atoms with E-state index in [4.69, 9.17) is 0 Å². The summed E-state index contributed by atoms with van der Waals surface area (Å²) in [5.41, 5.74) is 2.91. The third kappa shape index (κ3) is 4.79. The van der Waals surface area contributed by atoms with E-state index in [0.717, 1.165) is 11.1 Å². The molecule has 0 heterocycles. The lowest BCUT2D eigenvalue weighted by atomic mass is 9.84. The normalized spacial score (nSPS) is 10.9. The van der Waals surface area contributed by atoms with Gasteiger partial charge in [0.1, 0.15) is 0 Å². The maximum absolute atomic E-state index is 12.9. The Kier molecular flexibility index (Phi) is 7.06. The van der Waals surface area contributed by atoms with E-state index in [0.29, 0.717) is 5.92 Å². The summed E-state index contributed by atoms with van der Waals surface area (Å²) in [7, 11) is 0. The predicted octanol–water partition coefficient (Wildman–Crippen LogP) is 6.38. The highest BCUT2D eigenvalue weighted by molar-refractivity contribution is 6.10. The van der Waals surface area contributed by atoms with Crippen LogP contribution in [0.15, 0.2) is 54.6 Å². The Morgan fingerprint density at radius 1 is 0.826 bits per heavy atom. The van der Waals surface area contributed by atoms with Gasteiger partial charge in [-0.25, -0.2) is 0 Å². The molecule has 0 saturated carbocycles. The van der Waals surface area contributed by atoms with Crippen LogP contribution in [0, 0.1) is 0 Å². The summed E-state index contributed by atoms with van der Waals surface area (Å²) in [5, 5.41) is 0. The minimum atomic E-state index is 0.152. The molecule has 0 fully saturated rings. The lowest BCUT2D eigenvalue weighted by Gasteiger charge is -2.20. The van der Waals surface area contributed by atoms with Crippen LogP contribution in [0.2, 0.25) is 0 Å². The van der Waals surface area contributed by atoms with E-state index < -0.39 is 0 Å². The summed E-state index contributed by atoms with van der Waals surface area (Å²) >= 11 is 0. The fraction of sp³-hybridized carbons (Fsp3) is 0.409. The van der Waals surface area contributed by atoms with Gasteiger partial charge in [0.25, 0.3) is 0 Å². The van der Waals surface area contributed by atoms with Crippen molar-refractivity contribution < 1.29 is 4.79 Å². The minimum Gasteiger partial charge on any atom is -0.289 e. The van der Waals surface area contributed by atoms with Gasteiger partial charge in [-0.15, -0.1) is 0 Å². The first-order valence-electron chi connectivity index (χ1n) is 8.96. The highest BCUT2D eigenvalue weighted by Gasteiger charge is 2.19. The van der Waals surface area contributed by atoms with Crippen molar-refractivity contribution in [3.05, 3.63) is 71.3 Å². The van der Waals surface area contributed by atoms with Gasteiger partial charge in [-0.2, -0.15) is 0 Å². The molecule has 0 aliphatic carbocycles. The zero-order valence-corrected chi connectivity index (χ0v) is 14.4. The van der Waals surface area contributed by atoms with E-state index in [9.17, 15) is 4.79 Å². The van der Waals surface area contributed by atoms with Gasteiger partial charge in [0.2, 0.25) is 0 Å². The monoisotopic (exact) mass is 308 g/mol. The van der Waals surface area contributed by atoms with E-state index >= 15 is 0 Å². The molecule has 2 aromatic carbocycles. The molecule has 0 amide bonds. The van der Waals surface area contributed by atoms with E-state index in [1.807, 2.05) is 42.5 Å². The molecule has 0 spiro atoms. The second-order valence-electron chi connectivity index (χ2n) is 6.26. The van der Waals surface area contributed by atoms with Crippen LogP contribution in [-0.2, 0) is 0 Å². The standard InChI is InChI=1S/C22H28O/c1-3-5-12-18(13-6-4-2)20-16-10-11-17-21(20)22(23)19-14-8-7-9-15-19/h7-11,14-18H,3-6,12-13H2,1-2H3. The Balaban J connectivity index is 2.32. The maximum atomic E-state index is 12.9. The second kappa shape index (κ2) is 9.29. The fourth-order valence-electron chi connectivity index (χ4n) is 3.16. The van der Waals surface area contributed by atoms with Gasteiger partial charge in [-0.05, 0) is 24.3 Å². The van der Waals surface area contributed by atoms with Crippen LogP contribution in [0.25, 0.3) is 0 Å². The SMILES string of the molecule is CCCCC(CCCC)c1ccccc1C(=O)c1ccccc1. The Morgan fingerprint density at radius 2 is 1.39 bits per heavy atom. The molecule has 23 heavy (non-hydrogen) atoms. The molecule has 1 heteroatoms. The lowest BCUT2D eigenvalue weighted by molar-refractivity contribution is 0.103. The number of carbonyl (C=O) groups excluding carboxylic acids is 1. The summed E-state index contributed by atoms with van der Waals surface area (Å²) in [6, 6.07) is 17.8. The van der Waals surface area contributed by atoms with Gasteiger partial charge < -0.3 is 0 Å².